The third kappa shape index (κ3) is 8.11. The monoisotopic (exact) mass is 523 g/mol. The second-order valence-corrected chi connectivity index (χ2v) is 11.9. The number of sulfonamides is 1. The standard InChI is InChI=1S/C24H33N3O6S2/c1-17(2)14-27(35(30,31)21-10-8-18(25)9-11-21)15-22(28)23(34-20-6-4-3-5-7-20)26-24(29)33-19-12-13-32-16-19/h3-11,17,19,22-23,28H,12-16,25H2,1-2H3,(H,26,29)/t19-,22-,23-/m0/s1. The number of aliphatic hydroxyl groups is 1. The number of thioether (sulfide) groups is 1. The first kappa shape index (κ1) is 27.3. The Labute approximate surface area is 211 Å². The van der Waals surface area contributed by atoms with Gasteiger partial charge in [-0.1, -0.05) is 43.8 Å². The van der Waals surface area contributed by atoms with Gasteiger partial charge in [-0.2, -0.15) is 4.31 Å². The van der Waals surface area contributed by atoms with Crippen molar-refractivity contribution < 1.29 is 27.8 Å². The van der Waals surface area contributed by atoms with E-state index in [2.05, 4.69) is 5.32 Å². The maximum atomic E-state index is 13.4. The van der Waals surface area contributed by atoms with Gasteiger partial charge in [-0.05, 0) is 42.3 Å². The van der Waals surface area contributed by atoms with Crippen molar-refractivity contribution in [1.29, 1.82) is 0 Å². The first-order chi connectivity index (χ1) is 16.6. The van der Waals surface area contributed by atoms with Crippen molar-refractivity contribution >= 4 is 33.6 Å². The number of benzene rings is 2. The predicted molar refractivity (Wildman–Crippen MR) is 135 cm³/mol. The molecule has 3 atom stereocenters. The molecule has 11 heteroatoms. The van der Waals surface area contributed by atoms with Gasteiger partial charge in [0, 0.05) is 30.1 Å². The Bertz CT molecular complexity index is 1040. The van der Waals surface area contributed by atoms with E-state index in [0.29, 0.717) is 25.3 Å². The third-order valence-electron chi connectivity index (χ3n) is 5.25. The summed E-state index contributed by atoms with van der Waals surface area (Å²) in [4.78, 5) is 13.4. The average Bonchev–Trinajstić information content (AvgIpc) is 3.31. The van der Waals surface area contributed by atoms with Gasteiger partial charge in [-0.3, -0.25) is 0 Å². The van der Waals surface area contributed by atoms with Crippen LogP contribution in [-0.2, 0) is 19.5 Å². The number of carbonyl (C=O) groups is 1. The van der Waals surface area contributed by atoms with Gasteiger partial charge in [-0.25, -0.2) is 13.2 Å². The lowest BCUT2D eigenvalue weighted by Gasteiger charge is -2.30. The number of nitrogen functional groups attached to an aromatic ring is 1. The summed E-state index contributed by atoms with van der Waals surface area (Å²) in [6.45, 7) is 4.61. The van der Waals surface area contributed by atoms with E-state index in [0.717, 1.165) is 4.90 Å². The van der Waals surface area contributed by atoms with Crippen LogP contribution >= 0.6 is 11.8 Å². The van der Waals surface area contributed by atoms with Crippen LogP contribution in [0.15, 0.2) is 64.4 Å². The molecular formula is C24H33N3O6S2. The molecule has 3 rings (SSSR count). The molecule has 192 valence electrons. The number of nitrogens with two attached hydrogens (primary N) is 1. The number of anilines is 1. The topological polar surface area (TPSA) is 131 Å². The van der Waals surface area contributed by atoms with Gasteiger partial charge in [0.25, 0.3) is 0 Å². The normalized spacial score (nSPS) is 17.9. The van der Waals surface area contributed by atoms with Crippen molar-refractivity contribution in [3.63, 3.8) is 0 Å². The zero-order valence-electron chi connectivity index (χ0n) is 19.9. The highest BCUT2D eigenvalue weighted by atomic mass is 32.2. The number of hydrogen-bond donors (Lipinski definition) is 3. The number of ether oxygens (including phenoxy) is 2. The summed E-state index contributed by atoms with van der Waals surface area (Å²) in [5, 5.41) is 13.0. The highest BCUT2D eigenvalue weighted by Crippen LogP contribution is 2.26. The molecule has 1 fully saturated rings. The van der Waals surface area contributed by atoms with Crippen LogP contribution in [0.25, 0.3) is 0 Å². The Balaban J connectivity index is 1.80. The summed E-state index contributed by atoms with van der Waals surface area (Å²) in [5.74, 6) is 0.00581. The van der Waals surface area contributed by atoms with Crippen LogP contribution in [0.2, 0.25) is 0 Å². The molecule has 2 aromatic carbocycles. The molecule has 4 N–H and O–H groups in total. The first-order valence-corrected chi connectivity index (χ1v) is 13.8. The molecular weight excluding hydrogens is 490 g/mol. The Morgan fingerprint density at radius 2 is 1.89 bits per heavy atom. The summed E-state index contributed by atoms with van der Waals surface area (Å²) < 4.78 is 38.7. The van der Waals surface area contributed by atoms with Crippen LogP contribution in [0.5, 0.6) is 0 Å². The molecule has 0 aromatic heterocycles. The summed E-state index contributed by atoms with van der Waals surface area (Å²) in [5.41, 5.74) is 6.17. The highest BCUT2D eigenvalue weighted by molar-refractivity contribution is 8.00. The van der Waals surface area contributed by atoms with Crippen LogP contribution in [0.1, 0.15) is 20.3 Å². The lowest BCUT2D eigenvalue weighted by molar-refractivity contribution is 0.0743. The van der Waals surface area contributed by atoms with E-state index in [1.807, 2.05) is 44.2 Å². The molecule has 35 heavy (non-hydrogen) atoms. The number of nitrogens with zero attached hydrogens (tertiary/aromatic N) is 1. The lowest BCUT2D eigenvalue weighted by Crippen LogP contribution is -2.49. The minimum atomic E-state index is -3.91. The van der Waals surface area contributed by atoms with E-state index in [4.69, 9.17) is 15.2 Å². The van der Waals surface area contributed by atoms with Crippen molar-refractivity contribution in [2.45, 2.75) is 47.6 Å². The molecule has 1 aliphatic rings. The number of alkyl carbamates (subject to hydrolysis) is 1. The second kappa shape index (κ2) is 12.6. The summed E-state index contributed by atoms with van der Waals surface area (Å²) in [6, 6.07) is 15.2. The lowest BCUT2D eigenvalue weighted by atomic mass is 10.2. The molecule has 0 aliphatic carbocycles. The quantitative estimate of drug-likeness (QED) is 0.233. The molecule has 0 bridgehead atoms. The van der Waals surface area contributed by atoms with Crippen LogP contribution in [-0.4, -0.2) is 67.8 Å². The number of carbonyl (C=O) groups excluding carboxylic acids is 1. The van der Waals surface area contributed by atoms with Crippen LogP contribution < -0.4 is 11.1 Å². The van der Waals surface area contributed by atoms with Gasteiger partial charge < -0.3 is 25.6 Å². The number of amides is 1. The molecule has 1 aliphatic heterocycles. The zero-order valence-corrected chi connectivity index (χ0v) is 21.5. The molecule has 0 saturated carbocycles. The molecule has 1 saturated heterocycles. The van der Waals surface area contributed by atoms with Crippen molar-refractivity contribution in [1.82, 2.24) is 9.62 Å². The van der Waals surface area contributed by atoms with Crippen LogP contribution in [0.3, 0.4) is 0 Å². The molecule has 9 nitrogen and oxygen atoms in total. The molecule has 1 heterocycles. The summed E-state index contributed by atoms with van der Waals surface area (Å²) >= 11 is 1.22. The minimum Gasteiger partial charge on any atom is -0.444 e. The predicted octanol–water partition coefficient (Wildman–Crippen LogP) is 2.91. The van der Waals surface area contributed by atoms with E-state index >= 15 is 0 Å². The largest absolute Gasteiger partial charge is 0.444 e. The van der Waals surface area contributed by atoms with Crippen molar-refractivity contribution in [3.8, 4) is 0 Å². The molecule has 2 aromatic rings. The van der Waals surface area contributed by atoms with Crippen molar-refractivity contribution in [2.24, 2.45) is 5.92 Å². The third-order valence-corrected chi connectivity index (χ3v) is 8.33. The van der Waals surface area contributed by atoms with E-state index < -0.39 is 27.6 Å². The van der Waals surface area contributed by atoms with Crippen LogP contribution in [0, 0.1) is 5.92 Å². The fraction of sp³-hybridized carbons (Fsp3) is 0.458. The Hall–Kier alpha value is -2.31. The number of hydrogen-bond acceptors (Lipinski definition) is 8. The van der Waals surface area contributed by atoms with Gasteiger partial charge in [0.15, 0.2) is 0 Å². The fourth-order valence-corrected chi connectivity index (χ4v) is 6.16. The van der Waals surface area contributed by atoms with E-state index in [1.54, 1.807) is 0 Å². The maximum Gasteiger partial charge on any atom is 0.408 e. The Morgan fingerprint density at radius 1 is 1.20 bits per heavy atom. The SMILES string of the molecule is CC(C)CN(C[C@H](O)[C@@H](NC(=O)O[C@H]1CCOC1)Sc1ccccc1)S(=O)(=O)c1ccc(N)cc1. The van der Waals surface area contributed by atoms with Crippen LogP contribution in [0.4, 0.5) is 10.5 Å². The fourth-order valence-electron chi connectivity index (χ4n) is 3.53. The first-order valence-electron chi connectivity index (χ1n) is 11.5. The van der Waals surface area contributed by atoms with Gasteiger partial charge in [0.05, 0.1) is 24.2 Å². The van der Waals surface area contributed by atoms with Gasteiger partial charge in [-0.15, -0.1) is 0 Å². The molecule has 1 amide bonds. The van der Waals surface area contributed by atoms with Crippen molar-refractivity contribution in [3.05, 3.63) is 54.6 Å². The maximum absolute atomic E-state index is 13.4. The molecule has 0 radical (unpaired) electrons. The van der Waals surface area contributed by atoms with Gasteiger partial charge in [0.1, 0.15) is 11.5 Å². The van der Waals surface area contributed by atoms with Gasteiger partial charge in [0.2, 0.25) is 10.0 Å². The summed E-state index contributed by atoms with van der Waals surface area (Å²) in [7, 11) is -3.91. The van der Waals surface area contributed by atoms with E-state index in [9.17, 15) is 18.3 Å². The highest BCUT2D eigenvalue weighted by Gasteiger charge is 2.32. The van der Waals surface area contributed by atoms with E-state index in [-0.39, 0.29) is 30.0 Å². The molecule has 0 unspecified atom stereocenters. The number of aliphatic hydroxyl groups excluding tert-OH is 1. The number of rotatable bonds is 11. The Kier molecular flexibility index (Phi) is 9.81. The smallest absolute Gasteiger partial charge is 0.408 e. The van der Waals surface area contributed by atoms with E-state index in [1.165, 1.54) is 40.3 Å². The minimum absolute atomic E-state index is 0.00581. The summed E-state index contributed by atoms with van der Waals surface area (Å²) in [6.07, 6.45) is -1.66. The van der Waals surface area contributed by atoms with Gasteiger partial charge >= 0.3 is 6.09 Å². The average molecular weight is 524 g/mol. The Morgan fingerprint density at radius 3 is 2.49 bits per heavy atom. The molecule has 0 spiro atoms. The second-order valence-electron chi connectivity index (χ2n) is 8.74. The zero-order chi connectivity index (χ0) is 25.4. The van der Waals surface area contributed by atoms with Crippen molar-refractivity contribution in [2.75, 3.05) is 32.0 Å². The number of nitrogens with one attached hydrogen (secondary N) is 1.